The first-order valence-electron chi connectivity index (χ1n) is 9.02. The highest BCUT2D eigenvalue weighted by Gasteiger charge is 2.20. The van der Waals surface area contributed by atoms with E-state index in [2.05, 4.69) is 26.6 Å². The molecule has 0 saturated carbocycles. The van der Waals surface area contributed by atoms with Gasteiger partial charge in [0.1, 0.15) is 0 Å². The molecule has 0 amide bonds. The Balaban J connectivity index is 1.42. The van der Waals surface area contributed by atoms with Crippen molar-refractivity contribution >= 4 is 29.0 Å². The monoisotopic (exact) mass is 384 g/mol. The van der Waals surface area contributed by atoms with Gasteiger partial charge in [0.05, 0.1) is 18.4 Å². The fourth-order valence-corrected chi connectivity index (χ4v) is 3.40. The maximum atomic E-state index is 11.5. The molecule has 0 bridgehead atoms. The van der Waals surface area contributed by atoms with Crippen molar-refractivity contribution in [3.63, 3.8) is 0 Å². The number of rotatable bonds is 5. The molecule has 7 heteroatoms. The molecule has 1 aromatic carbocycles. The predicted octanol–water partition coefficient (Wildman–Crippen LogP) is 2.82. The molecule has 6 nitrogen and oxygen atoms in total. The zero-order valence-electron chi connectivity index (χ0n) is 15.4. The highest BCUT2D eigenvalue weighted by atomic mass is 32.1. The Hall–Kier alpha value is -2.51. The van der Waals surface area contributed by atoms with Crippen molar-refractivity contribution < 1.29 is 9.53 Å². The van der Waals surface area contributed by atoms with Crippen molar-refractivity contribution in [2.24, 2.45) is 0 Å². The quantitative estimate of drug-likeness (QED) is 0.607. The highest BCUT2D eigenvalue weighted by Crippen LogP contribution is 2.14. The van der Waals surface area contributed by atoms with E-state index in [9.17, 15) is 4.79 Å². The molecular weight excluding hydrogens is 360 g/mol. The summed E-state index contributed by atoms with van der Waals surface area (Å²) < 4.78 is 4.70. The number of nitrogens with zero attached hydrogens (tertiary/aromatic N) is 2. The molecule has 2 N–H and O–H groups in total. The third-order valence-corrected chi connectivity index (χ3v) is 4.82. The Morgan fingerprint density at radius 3 is 2.59 bits per heavy atom. The van der Waals surface area contributed by atoms with E-state index in [1.165, 1.54) is 7.11 Å². The Morgan fingerprint density at radius 1 is 1.22 bits per heavy atom. The predicted molar refractivity (Wildman–Crippen MR) is 110 cm³/mol. The molecule has 2 heterocycles. The van der Waals surface area contributed by atoms with Gasteiger partial charge in [-0.05, 0) is 61.5 Å². The maximum Gasteiger partial charge on any atom is 0.337 e. The number of esters is 1. The van der Waals surface area contributed by atoms with Crippen molar-refractivity contribution in [2.45, 2.75) is 25.4 Å². The summed E-state index contributed by atoms with van der Waals surface area (Å²) >= 11 is 5.42. The van der Waals surface area contributed by atoms with Gasteiger partial charge < -0.3 is 15.4 Å². The van der Waals surface area contributed by atoms with Crippen LogP contribution in [-0.2, 0) is 11.3 Å². The van der Waals surface area contributed by atoms with Crippen LogP contribution in [0.15, 0.2) is 48.7 Å². The van der Waals surface area contributed by atoms with E-state index < -0.39 is 0 Å². The molecule has 1 aliphatic heterocycles. The fraction of sp³-hybridized carbons (Fsp3) is 0.350. The van der Waals surface area contributed by atoms with Crippen molar-refractivity contribution in [1.82, 2.24) is 15.2 Å². The molecule has 0 atom stereocenters. The number of hydrogen-bond acceptors (Lipinski definition) is 5. The molecule has 1 fully saturated rings. The molecule has 0 aliphatic carbocycles. The molecular formula is C20H24N4O2S. The summed E-state index contributed by atoms with van der Waals surface area (Å²) in [6.07, 6.45) is 3.91. The highest BCUT2D eigenvalue weighted by molar-refractivity contribution is 7.80. The second-order valence-electron chi connectivity index (χ2n) is 6.54. The van der Waals surface area contributed by atoms with Crippen molar-refractivity contribution in [3.05, 3.63) is 59.9 Å². The molecule has 1 saturated heterocycles. The number of ether oxygens (including phenoxy) is 1. The van der Waals surface area contributed by atoms with Crippen molar-refractivity contribution in [3.8, 4) is 0 Å². The van der Waals surface area contributed by atoms with Crippen LogP contribution in [0.4, 0.5) is 5.69 Å². The number of thiocarbonyl (C=S) groups is 1. The molecule has 1 aliphatic rings. The number of nitrogens with one attached hydrogen (secondary N) is 2. The van der Waals surface area contributed by atoms with E-state index >= 15 is 0 Å². The number of piperidine rings is 1. The number of methoxy groups -OCH3 is 1. The summed E-state index contributed by atoms with van der Waals surface area (Å²) in [6, 6.07) is 13.5. The van der Waals surface area contributed by atoms with Crippen LogP contribution in [0.5, 0.6) is 0 Å². The van der Waals surface area contributed by atoms with Crippen LogP contribution in [0.1, 0.15) is 28.9 Å². The molecule has 0 unspecified atom stereocenters. The summed E-state index contributed by atoms with van der Waals surface area (Å²) in [5.41, 5.74) is 2.46. The number of likely N-dealkylation sites (tertiary alicyclic amines) is 1. The minimum atomic E-state index is -0.347. The fourth-order valence-electron chi connectivity index (χ4n) is 3.12. The SMILES string of the molecule is COC(=O)c1ccc(NC(=S)NC2CCN(Cc3ccccn3)CC2)cc1. The van der Waals surface area contributed by atoms with E-state index in [1.54, 1.807) is 12.1 Å². The van der Waals surface area contributed by atoms with Crippen LogP contribution >= 0.6 is 12.2 Å². The van der Waals surface area contributed by atoms with Gasteiger partial charge in [-0.3, -0.25) is 9.88 Å². The largest absolute Gasteiger partial charge is 0.465 e. The molecule has 27 heavy (non-hydrogen) atoms. The zero-order valence-corrected chi connectivity index (χ0v) is 16.2. The number of carbonyl (C=O) groups excluding carboxylic acids is 1. The Bertz CT molecular complexity index is 759. The molecule has 0 spiro atoms. The topological polar surface area (TPSA) is 66.5 Å². The van der Waals surface area contributed by atoms with Gasteiger partial charge in [0.2, 0.25) is 0 Å². The zero-order chi connectivity index (χ0) is 19.1. The van der Waals surface area contributed by atoms with Gasteiger partial charge in [0, 0.05) is 37.6 Å². The lowest BCUT2D eigenvalue weighted by Gasteiger charge is -2.32. The van der Waals surface area contributed by atoms with Gasteiger partial charge in [-0.2, -0.15) is 0 Å². The minimum absolute atomic E-state index is 0.347. The van der Waals surface area contributed by atoms with Crippen molar-refractivity contribution in [2.75, 3.05) is 25.5 Å². The molecule has 142 valence electrons. The minimum Gasteiger partial charge on any atom is -0.465 e. The van der Waals surface area contributed by atoms with Gasteiger partial charge in [-0.25, -0.2) is 4.79 Å². The van der Waals surface area contributed by atoms with Crippen LogP contribution in [-0.4, -0.2) is 47.2 Å². The molecule has 1 aromatic heterocycles. The lowest BCUT2D eigenvalue weighted by molar-refractivity contribution is 0.0601. The number of anilines is 1. The lowest BCUT2D eigenvalue weighted by Crippen LogP contribution is -2.45. The van der Waals surface area contributed by atoms with Crippen LogP contribution in [0.2, 0.25) is 0 Å². The standard InChI is InChI=1S/C20H24N4O2S/c1-26-19(25)15-5-7-16(8-6-15)22-20(27)23-17-9-12-24(13-10-17)14-18-4-2-3-11-21-18/h2-8,11,17H,9-10,12-14H2,1H3,(H2,22,23,27). The van der Waals surface area contributed by atoms with E-state index in [-0.39, 0.29) is 5.97 Å². The number of benzene rings is 1. The van der Waals surface area contributed by atoms with Crippen LogP contribution in [0.3, 0.4) is 0 Å². The number of carbonyl (C=O) groups is 1. The van der Waals surface area contributed by atoms with Crippen LogP contribution < -0.4 is 10.6 Å². The normalized spacial score (nSPS) is 15.1. The summed E-state index contributed by atoms with van der Waals surface area (Å²) in [6.45, 7) is 2.93. The first kappa shape index (κ1) is 19.3. The van der Waals surface area contributed by atoms with Crippen LogP contribution in [0.25, 0.3) is 0 Å². The van der Waals surface area contributed by atoms with E-state index in [0.29, 0.717) is 16.7 Å². The number of hydrogen-bond donors (Lipinski definition) is 2. The second kappa shape index (κ2) is 9.43. The first-order chi connectivity index (χ1) is 13.1. The van der Waals surface area contributed by atoms with E-state index in [0.717, 1.165) is 43.9 Å². The maximum absolute atomic E-state index is 11.5. The van der Waals surface area contributed by atoms with Gasteiger partial charge in [0.25, 0.3) is 0 Å². The Labute approximate surface area is 164 Å². The summed E-state index contributed by atoms with van der Waals surface area (Å²) in [5, 5.41) is 7.16. The molecule has 2 aromatic rings. The van der Waals surface area contributed by atoms with Gasteiger partial charge >= 0.3 is 5.97 Å². The molecule has 3 rings (SSSR count). The third kappa shape index (κ3) is 5.74. The van der Waals surface area contributed by atoms with Gasteiger partial charge in [0.15, 0.2) is 5.11 Å². The van der Waals surface area contributed by atoms with E-state index in [4.69, 9.17) is 17.0 Å². The summed E-state index contributed by atoms with van der Waals surface area (Å²) in [7, 11) is 1.37. The van der Waals surface area contributed by atoms with Gasteiger partial charge in [-0.1, -0.05) is 6.07 Å². The summed E-state index contributed by atoms with van der Waals surface area (Å²) in [5.74, 6) is -0.347. The number of aromatic nitrogens is 1. The lowest BCUT2D eigenvalue weighted by atomic mass is 10.1. The first-order valence-corrected chi connectivity index (χ1v) is 9.43. The number of pyridine rings is 1. The van der Waals surface area contributed by atoms with Crippen LogP contribution in [0, 0.1) is 0 Å². The average Bonchev–Trinajstić information content (AvgIpc) is 2.70. The Kier molecular flexibility index (Phi) is 6.73. The second-order valence-corrected chi connectivity index (χ2v) is 6.95. The third-order valence-electron chi connectivity index (χ3n) is 4.60. The average molecular weight is 385 g/mol. The van der Waals surface area contributed by atoms with Crippen molar-refractivity contribution in [1.29, 1.82) is 0 Å². The smallest absolute Gasteiger partial charge is 0.337 e. The van der Waals surface area contributed by atoms with Gasteiger partial charge in [-0.15, -0.1) is 0 Å². The molecule has 0 radical (unpaired) electrons. The summed E-state index contributed by atoms with van der Waals surface area (Å²) in [4.78, 5) is 18.3. The van der Waals surface area contributed by atoms with E-state index in [1.807, 2.05) is 30.5 Å². The Morgan fingerprint density at radius 2 is 1.96 bits per heavy atom.